The van der Waals surface area contributed by atoms with Gasteiger partial charge in [0.05, 0.1) is 22.8 Å². The molecule has 0 spiro atoms. The molecule has 0 radical (unpaired) electrons. The van der Waals surface area contributed by atoms with Crippen molar-refractivity contribution >= 4 is 11.8 Å². The van der Waals surface area contributed by atoms with Crippen molar-refractivity contribution in [3.63, 3.8) is 0 Å². The van der Waals surface area contributed by atoms with Crippen LogP contribution in [-0.2, 0) is 0 Å². The first-order valence-corrected chi connectivity index (χ1v) is 5.19. The molecular formula is C11H8N2OS. The molecule has 0 aromatic carbocycles. The minimum atomic E-state index is 0.619. The molecule has 0 aliphatic carbocycles. The SMILES string of the molecule is Cc1occc1Sc1cc(C#N)ccn1. The van der Waals surface area contributed by atoms with E-state index in [1.807, 2.05) is 13.0 Å². The lowest BCUT2D eigenvalue weighted by atomic mass is 10.3. The van der Waals surface area contributed by atoms with Gasteiger partial charge in [0.25, 0.3) is 0 Å². The lowest BCUT2D eigenvalue weighted by Crippen LogP contribution is -1.81. The predicted octanol–water partition coefficient (Wildman–Crippen LogP) is 3.01. The van der Waals surface area contributed by atoms with E-state index < -0.39 is 0 Å². The second-order valence-electron chi connectivity index (χ2n) is 2.94. The Labute approximate surface area is 91.7 Å². The van der Waals surface area contributed by atoms with Crippen LogP contribution in [-0.4, -0.2) is 4.98 Å². The van der Waals surface area contributed by atoms with E-state index in [2.05, 4.69) is 11.1 Å². The maximum Gasteiger partial charge on any atom is 0.114 e. The molecule has 0 fully saturated rings. The zero-order valence-corrected chi connectivity index (χ0v) is 8.91. The third kappa shape index (κ3) is 2.20. The van der Waals surface area contributed by atoms with E-state index >= 15 is 0 Å². The Bertz CT molecular complexity index is 513. The van der Waals surface area contributed by atoms with Gasteiger partial charge in [-0.2, -0.15) is 5.26 Å². The average Bonchev–Trinajstić information content (AvgIpc) is 2.65. The van der Waals surface area contributed by atoms with Crippen molar-refractivity contribution in [1.82, 2.24) is 4.98 Å². The van der Waals surface area contributed by atoms with Crippen molar-refractivity contribution in [2.75, 3.05) is 0 Å². The van der Waals surface area contributed by atoms with Crippen molar-refractivity contribution in [3.8, 4) is 6.07 Å². The normalized spacial score (nSPS) is 9.87. The van der Waals surface area contributed by atoms with Gasteiger partial charge in [0.2, 0.25) is 0 Å². The molecule has 74 valence electrons. The van der Waals surface area contributed by atoms with Crippen LogP contribution in [0.25, 0.3) is 0 Å². The molecule has 2 rings (SSSR count). The number of rotatable bonds is 2. The summed E-state index contributed by atoms with van der Waals surface area (Å²) in [5.41, 5.74) is 0.619. The molecular weight excluding hydrogens is 208 g/mol. The van der Waals surface area contributed by atoms with Crippen LogP contribution in [0, 0.1) is 18.3 Å². The van der Waals surface area contributed by atoms with Crippen LogP contribution < -0.4 is 0 Å². The number of nitrogens with zero attached hydrogens (tertiary/aromatic N) is 2. The topological polar surface area (TPSA) is 49.8 Å². The largest absolute Gasteiger partial charge is 0.468 e. The first kappa shape index (κ1) is 9.81. The number of aromatic nitrogens is 1. The highest BCUT2D eigenvalue weighted by atomic mass is 32.2. The number of pyridine rings is 1. The van der Waals surface area contributed by atoms with Gasteiger partial charge in [0, 0.05) is 6.20 Å². The van der Waals surface area contributed by atoms with Gasteiger partial charge in [-0.15, -0.1) is 0 Å². The number of hydrogen-bond donors (Lipinski definition) is 0. The predicted molar refractivity (Wildman–Crippen MR) is 56.5 cm³/mol. The number of furan rings is 1. The van der Waals surface area contributed by atoms with Crippen molar-refractivity contribution in [2.45, 2.75) is 16.8 Å². The molecule has 0 aliphatic heterocycles. The van der Waals surface area contributed by atoms with Gasteiger partial charge in [0.15, 0.2) is 0 Å². The number of nitriles is 1. The highest BCUT2D eigenvalue weighted by Gasteiger charge is 2.05. The quantitative estimate of drug-likeness (QED) is 0.774. The first-order valence-electron chi connectivity index (χ1n) is 4.37. The molecule has 2 aromatic rings. The van der Waals surface area contributed by atoms with E-state index in [-0.39, 0.29) is 0 Å². The second-order valence-corrected chi connectivity index (χ2v) is 4.00. The molecule has 0 aliphatic rings. The van der Waals surface area contributed by atoms with Crippen molar-refractivity contribution in [1.29, 1.82) is 5.26 Å². The Hall–Kier alpha value is -1.73. The second kappa shape index (κ2) is 4.20. The molecule has 2 heterocycles. The molecule has 2 aromatic heterocycles. The Morgan fingerprint density at radius 1 is 1.47 bits per heavy atom. The summed E-state index contributed by atoms with van der Waals surface area (Å²) in [4.78, 5) is 5.20. The monoisotopic (exact) mass is 216 g/mol. The van der Waals surface area contributed by atoms with Crippen molar-refractivity contribution < 1.29 is 4.42 Å². The summed E-state index contributed by atoms with van der Waals surface area (Å²) in [6.07, 6.45) is 3.28. The van der Waals surface area contributed by atoms with Gasteiger partial charge in [0.1, 0.15) is 10.8 Å². The Morgan fingerprint density at radius 3 is 3.00 bits per heavy atom. The van der Waals surface area contributed by atoms with Crippen molar-refractivity contribution in [3.05, 3.63) is 42.0 Å². The fourth-order valence-corrected chi connectivity index (χ4v) is 1.97. The van der Waals surface area contributed by atoms with Gasteiger partial charge < -0.3 is 4.42 Å². The minimum absolute atomic E-state index is 0.619. The minimum Gasteiger partial charge on any atom is -0.468 e. The van der Waals surface area contributed by atoms with Gasteiger partial charge in [-0.3, -0.25) is 0 Å². The van der Waals surface area contributed by atoms with Crippen LogP contribution in [0.5, 0.6) is 0 Å². The van der Waals surface area contributed by atoms with Crippen molar-refractivity contribution in [2.24, 2.45) is 0 Å². The standard InChI is InChI=1S/C11H8N2OS/c1-8-10(3-5-14-8)15-11-6-9(7-12)2-4-13-11/h2-6H,1H3. The summed E-state index contributed by atoms with van der Waals surface area (Å²) in [6, 6.07) is 7.42. The lowest BCUT2D eigenvalue weighted by Gasteiger charge is -1.98. The van der Waals surface area contributed by atoms with Crippen LogP contribution in [0.15, 0.2) is 45.0 Å². The van der Waals surface area contributed by atoms with E-state index in [4.69, 9.17) is 9.68 Å². The molecule has 15 heavy (non-hydrogen) atoms. The fourth-order valence-electron chi connectivity index (χ4n) is 1.13. The molecule has 3 nitrogen and oxygen atoms in total. The van der Waals surface area contributed by atoms with Gasteiger partial charge in [-0.1, -0.05) is 11.8 Å². The number of hydrogen-bond acceptors (Lipinski definition) is 4. The number of aryl methyl sites for hydroxylation is 1. The molecule has 0 N–H and O–H groups in total. The molecule has 0 atom stereocenters. The molecule has 0 bridgehead atoms. The first-order chi connectivity index (χ1) is 7.29. The van der Waals surface area contributed by atoms with Crippen LogP contribution in [0.4, 0.5) is 0 Å². The van der Waals surface area contributed by atoms with E-state index in [1.54, 1.807) is 24.6 Å². The Balaban J connectivity index is 2.25. The van der Waals surface area contributed by atoms with Crippen LogP contribution in [0.1, 0.15) is 11.3 Å². The maximum absolute atomic E-state index is 8.74. The lowest BCUT2D eigenvalue weighted by molar-refractivity contribution is 0.527. The zero-order chi connectivity index (χ0) is 10.7. The van der Waals surface area contributed by atoms with E-state index in [9.17, 15) is 0 Å². The van der Waals surface area contributed by atoms with Crippen LogP contribution in [0.3, 0.4) is 0 Å². The molecule has 0 saturated heterocycles. The summed E-state index contributed by atoms with van der Waals surface area (Å²) in [7, 11) is 0. The van der Waals surface area contributed by atoms with Crippen LogP contribution >= 0.6 is 11.8 Å². The molecule has 0 saturated carbocycles. The van der Waals surface area contributed by atoms with E-state index in [0.29, 0.717) is 5.56 Å². The van der Waals surface area contributed by atoms with Gasteiger partial charge >= 0.3 is 0 Å². The summed E-state index contributed by atoms with van der Waals surface area (Å²) in [5.74, 6) is 0.865. The molecule has 0 amide bonds. The highest BCUT2D eigenvalue weighted by molar-refractivity contribution is 7.99. The van der Waals surface area contributed by atoms with Gasteiger partial charge in [-0.05, 0) is 25.1 Å². The highest BCUT2D eigenvalue weighted by Crippen LogP contribution is 2.29. The Kier molecular flexibility index (Phi) is 2.75. The summed E-state index contributed by atoms with van der Waals surface area (Å²) in [5, 5.41) is 9.54. The van der Waals surface area contributed by atoms with Crippen LogP contribution in [0.2, 0.25) is 0 Å². The average molecular weight is 216 g/mol. The van der Waals surface area contributed by atoms with Gasteiger partial charge in [-0.25, -0.2) is 4.98 Å². The smallest absolute Gasteiger partial charge is 0.114 e. The van der Waals surface area contributed by atoms with E-state index in [0.717, 1.165) is 15.7 Å². The van der Waals surface area contributed by atoms with E-state index in [1.165, 1.54) is 11.8 Å². The third-order valence-corrected chi connectivity index (χ3v) is 2.97. The Morgan fingerprint density at radius 2 is 2.33 bits per heavy atom. The summed E-state index contributed by atoms with van der Waals surface area (Å²) >= 11 is 1.49. The fraction of sp³-hybridized carbons (Fsp3) is 0.0909. The maximum atomic E-state index is 8.74. The summed E-state index contributed by atoms with van der Waals surface area (Å²) in [6.45, 7) is 1.90. The summed E-state index contributed by atoms with van der Waals surface area (Å²) < 4.78 is 5.18. The molecule has 0 unspecified atom stereocenters. The third-order valence-electron chi connectivity index (χ3n) is 1.89. The zero-order valence-electron chi connectivity index (χ0n) is 8.10. The molecule has 4 heteroatoms.